The summed E-state index contributed by atoms with van der Waals surface area (Å²) in [4.78, 5) is 27.6. The molecule has 2 fully saturated rings. The van der Waals surface area contributed by atoms with Gasteiger partial charge in [-0.25, -0.2) is 9.10 Å². The summed E-state index contributed by atoms with van der Waals surface area (Å²) in [6.07, 6.45) is -2.94. The average molecular weight is 425 g/mol. The molecule has 1 N–H and O–H groups in total. The minimum Gasteiger partial charge on any atom is -0.458 e. The average Bonchev–Trinajstić information content (AvgIpc) is 2.68. The molecule has 0 aromatic heterocycles. The highest BCUT2D eigenvalue weighted by atomic mass is 32.2. The Labute approximate surface area is 175 Å². The molecule has 2 atom stereocenters. The SMILES string of the molecule is CC(C)(C)OC(=O)C(O)C1OCCN(c2ccc(SN3CCOCC3)cc2)C1=O. The van der Waals surface area contributed by atoms with E-state index in [9.17, 15) is 14.7 Å². The number of amides is 1. The van der Waals surface area contributed by atoms with Gasteiger partial charge in [-0.1, -0.05) is 0 Å². The van der Waals surface area contributed by atoms with E-state index in [0.717, 1.165) is 31.2 Å². The van der Waals surface area contributed by atoms with Crippen LogP contribution >= 0.6 is 11.9 Å². The fraction of sp³-hybridized carbons (Fsp3) is 0.600. The Morgan fingerprint density at radius 1 is 1.17 bits per heavy atom. The van der Waals surface area contributed by atoms with Crippen molar-refractivity contribution in [3.63, 3.8) is 0 Å². The lowest BCUT2D eigenvalue weighted by Gasteiger charge is -2.34. The largest absolute Gasteiger partial charge is 0.458 e. The van der Waals surface area contributed by atoms with Crippen LogP contribution in [0.4, 0.5) is 5.69 Å². The Balaban J connectivity index is 1.64. The van der Waals surface area contributed by atoms with Crippen LogP contribution in [-0.4, -0.2) is 78.6 Å². The first-order valence-electron chi connectivity index (χ1n) is 9.69. The number of benzene rings is 1. The molecular weight excluding hydrogens is 396 g/mol. The zero-order valence-electron chi connectivity index (χ0n) is 17.0. The summed E-state index contributed by atoms with van der Waals surface area (Å²) >= 11 is 1.66. The number of carbonyl (C=O) groups is 2. The van der Waals surface area contributed by atoms with Crippen molar-refractivity contribution in [1.82, 2.24) is 4.31 Å². The highest BCUT2D eigenvalue weighted by molar-refractivity contribution is 7.97. The molecule has 1 amide bonds. The van der Waals surface area contributed by atoms with Crippen LogP contribution in [0, 0.1) is 0 Å². The summed E-state index contributed by atoms with van der Waals surface area (Å²) in [7, 11) is 0. The van der Waals surface area contributed by atoms with Gasteiger partial charge in [-0.05, 0) is 57.0 Å². The maximum Gasteiger partial charge on any atom is 0.338 e. The fourth-order valence-electron chi connectivity index (χ4n) is 3.05. The normalized spacial score (nSPS) is 22.4. The number of hydrogen-bond donors (Lipinski definition) is 1. The third kappa shape index (κ3) is 5.93. The summed E-state index contributed by atoms with van der Waals surface area (Å²) in [5, 5.41) is 10.3. The molecule has 160 valence electrons. The minimum atomic E-state index is -1.67. The van der Waals surface area contributed by atoms with E-state index < -0.39 is 29.7 Å². The van der Waals surface area contributed by atoms with Crippen molar-refractivity contribution in [3.05, 3.63) is 24.3 Å². The van der Waals surface area contributed by atoms with Crippen LogP contribution in [0.15, 0.2) is 29.2 Å². The Morgan fingerprint density at radius 2 is 1.83 bits per heavy atom. The highest BCUT2D eigenvalue weighted by Gasteiger charge is 2.41. The van der Waals surface area contributed by atoms with Crippen LogP contribution in [-0.2, 0) is 23.8 Å². The molecule has 8 nitrogen and oxygen atoms in total. The third-order valence-corrected chi connectivity index (χ3v) is 5.52. The molecule has 3 rings (SSSR count). The van der Waals surface area contributed by atoms with Crippen LogP contribution in [0.3, 0.4) is 0 Å². The number of rotatable bonds is 5. The number of carbonyl (C=O) groups excluding carboxylic acids is 2. The number of aliphatic hydroxyl groups is 1. The number of hydrogen-bond acceptors (Lipinski definition) is 8. The second-order valence-corrected chi connectivity index (χ2v) is 9.06. The second-order valence-electron chi connectivity index (χ2n) is 7.89. The standard InChI is InChI=1S/C20H28N2O6S/c1-20(2,3)28-19(25)16(23)17-18(24)22(10-13-27-17)14-4-6-15(7-5-14)29-21-8-11-26-12-9-21/h4-7,16-17,23H,8-13H2,1-3H3. The molecule has 2 aliphatic rings. The van der Waals surface area contributed by atoms with E-state index in [4.69, 9.17) is 14.2 Å². The fourth-order valence-corrected chi connectivity index (χ4v) is 3.94. The molecule has 1 aromatic carbocycles. The smallest absolute Gasteiger partial charge is 0.338 e. The lowest BCUT2D eigenvalue weighted by Crippen LogP contribution is -2.55. The molecular formula is C20H28N2O6S. The van der Waals surface area contributed by atoms with Crippen LogP contribution in [0.25, 0.3) is 0 Å². The van der Waals surface area contributed by atoms with E-state index in [0.29, 0.717) is 12.2 Å². The molecule has 29 heavy (non-hydrogen) atoms. The summed E-state index contributed by atoms with van der Waals surface area (Å²) < 4.78 is 18.2. The Kier molecular flexibility index (Phi) is 7.18. The quantitative estimate of drug-likeness (QED) is 0.562. The zero-order valence-corrected chi connectivity index (χ0v) is 17.8. The van der Waals surface area contributed by atoms with Gasteiger partial charge in [0.2, 0.25) is 0 Å². The first-order valence-corrected chi connectivity index (χ1v) is 10.5. The van der Waals surface area contributed by atoms with Gasteiger partial charge in [-0.15, -0.1) is 0 Å². The van der Waals surface area contributed by atoms with Crippen molar-refractivity contribution in [3.8, 4) is 0 Å². The van der Waals surface area contributed by atoms with E-state index in [2.05, 4.69) is 4.31 Å². The van der Waals surface area contributed by atoms with Gasteiger partial charge in [0.15, 0.2) is 12.2 Å². The Hall–Kier alpha value is -1.65. The molecule has 2 unspecified atom stereocenters. The third-order valence-electron chi connectivity index (χ3n) is 4.41. The van der Waals surface area contributed by atoms with Crippen molar-refractivity contribution in [1.29, 1.82) is 0 Å². The van der Waals surface area contributed by atoms with Gasteiger partial charge in [0, 0.05) is 30.2 Å². The van der Waals surface area contributed by atoms with E-state index in [1.807, 2.05) is 24.3 Å². The van der Waals surface area contributed by atoms with Gasteiger partial charge in [0.05, 0.1) is 19.8 Å². The molecule has 1 aromatic rings. The molecule has 2 saturated heterocycles. The van der Waals surface area contributed by atoms with E-state index >= 15 is 0 Å². The molecule has 2 heterocycles. The minimum absolute atomic E-state index is 0.223. The number of ether oxygens (including phenoxy) is 3. The Morgan fingerprint density at radius 3 is 2.45 bits per heavy atom. The number of anilines is 1. The molecule has 0 aliphatic carbocycles. The summed E-state index contributed by atoms with van der Waals surface area (Å²) in [5.74, 6) is -1.32. The molecule has 0 saturated carbocycles. The summed E-state index contributed by atoms with van der Waals surface area (Å²) in [5.41, 5.74) is -0.0605. The van der Waals surface area contributed by atoms with Gasteiger partial charge in [0.1, 0.15) is 5.60 Å². The topological polar surface area (TPSA) is 88.5 Å². The van der Waals surface area contributed by atoms with Crippen LogP contribution < -0.4 is 4.90 Å². The Bertz CT molecular complexity index is 715. The lowest BCUT2D eigenvalue weighted by molar-refractivity contribution is -0.177. The number of morpholine rings is 2. The first-order chi connectivity index (χ1) is 13.7. The first kappa shape index (κ1) is 22.0. The maximum absolute atomic E-state index is 12.8. The van der Waals surface area contributed by atoms with Crippen molar-refractivity contribution in [2.24, 2.45) is 0 Å². The predicted octanol–water partition coefficient (Wildman–Crippen LogP) is 1.46. The van der Waals surface area contributed by atoms with Crippen LogP contribution in [0.5, 0.6) is 0 Å². The van der Waals surface area contributed by atoms with E-state index in [1.54, 1.807) is 32.7 Å². The van der Waals surface area contributed by atoms with E-state index in [-0.39, 0.29) is 6.61 Å². The second kappa shape index (κ2) is 9.44. The van der Waals surface area contributed by atoms with Gasteiger partial charge >= 0.3 is 5.97 Å². The predicted molar refractivity (Wildman–Crippen MR) is 109 cm³/mol. The van der Waals surface area contributed by atoms with Gasteiger partial charge in [-0.3, -0.25) is 4.79 Å². The van der Waals surface area contributed by atoms with Crippen molar-refractivity contribution in [2.45, 2.75) is 43.5 Å². The number of esters is 1. The molecule has 0 bridgehead atoms. The van der Waals surface area contributed by atoms with Crippen molar-refractivity contribution >= 4 is 29.5 Å². The number of aliphatic hydroxyl groups excluding tert-OH is 1. The van der Waals surface area contributed by atoms with Crippen molar-refractivity contribution in [2.75, 3.05) is 44.4 Å². The van der Waals surface area contributed by atoms with Gasteiger partial charge in [0.25, 0.3) is 5.91 Å². The van der Waals surface area contributed by atoms with Crippen molar-refractivity contribution < 1.29 is 28.9 Å². The summed E-state index contributed by atoms with van der Waals surface area (Å²) in [6, 6.07) is 7.64. The van der Waals surface area contributed by atoms with Gasteiger partial charge in [-0.2, -0.15) is 0 Å². The van der Waals surface area contributed by atoms with Crippen LogP contribution in [0.2, 0.25) is 0 Å². The maximum atomic E-state index is 12.8. The van der Waals surface area contributed by atoms with Gasteiger partial charge < -0.3 is 24.2 Å². The lowest BCUT2D eigenvalue weighted by atomic mass is 10.1. The number of nitrogens with zero attached hydrogens (tertiary/aromatic N) is 2. The molecule has 9 heteroatoms. The highest BCUT2D eigenvalue weighted by Crippen LogP contribution is 2.27. The summed E-state index contributed by atoms with van der Waals surface area (Å²) in [6.45, 7) is 8.88. The molecule has 0 radical (unpaired) electrons. The zero-order chi connectivity index (χ0) is 21.0. The monoisotopic (exact) mass is 424 g/mol. The molecule has 0 spiro atoms. The van der Waals surface area contributed by atoms with Crippen LogP contribution in [0.1, 0.15) is 20.8 Å². The van der Waals surface area contributed by atoms with E-state index in [1.165, 1.54) is 4.90 Å². The molecule has 2 aliphatic heterocycles.